The number of hydrazine groups is 1. The van der Waals surface area contributed by atoms with E-state index in [4.69, 9.17) is 0 Å². The van der Waals surface area contributed by atoms with Crippen LogP contribution in [0.15, 0.2) is 91.1 Å². The highest BCUT2D eigenvalue weighted by atomic mass is 19.1. The van der Waals surface area contributed by atoms with Crippen molar-refractivity contribution in [3.8, 4) is 0 Å². The zero-order chi connectivity index (χ0) is 44.7. The van der Waals surface area contributed by atoms with Crippen molar-refractivity contribution in [3.05, 3.63) is 131 Å². The van der Waals surface area contributed by atoms with Gasteiger partial charge in [-0.15, -0.1) is 0 Å². The molecule has 4 aromatic carbocycles. The Hall–Kier alpha value is -6.92. The van der Waals surface area contributed by atoms with Gasteiger partial charge in [0.25, 0.3) is 11.8 Å². The van der Waals surface area contributed by atoms with Crippen LogP contribution in [0.5, 0.6) is 0 Å². The third-order valence-corrected chi connectivity index (χ3v) is 11.8. The minimum atomic E-state index is -1.03. The van der Waals surface area contributed by atoms with Crippen molar-refractivity contribution in [2.24, 2.45) is 5.92 Å². The molecule has 0 spiro atoms. The molecule has 4 heterocycles. The molecule has 18 heteroatoms. The Balaban J connectivity index is 0.746. The number of hydrogen-bond acceptors (Lipinski definition) is 11. The minimum absolute atomic E-state index is 0.0419. The first-order valence-corrected chi connectivity index (χ1v) is 21.1. The molecule has 3 fully saturated rings. The maximum absolute atomic E-state index is 15.1. The number of nitrogens with one attached hydrogen (secondary N) is 5. The molecule has 1 atom stereocenters. The lowest BCUT2D eigenvalue weighted by atomic mass is 9.89. The van der Waals surface area contributed by atoms with Crippen LogP contribution in [-0.2, 0) is 9.59 Å². The van der Waals surface area contributed by atoms with E-state index in [1.165, 1.54) is 30.3 Å². The summed E-state index contributed by atoms with van der Waals surface area (Å²) >= 11 is 0. The van der Waals surface area contributed by atoms with Crippen LogP contribution in [0.3, 0.4) is 0 Å². The first kappa shape index (κ1) is 43.7. The SMILES string of the molecule is O=C1CCC(c2c(F)cc(N3CCN(CCC4CCN(NC(=O)c5ccc(Nc6ncc(F)c(Nc7ccc(NC(=O)c8ccccc8F)cc7)n6)cc5)CC4)CC3)cc2F)C(=O)N1. The van der Waals surface area contributed by atoms with Gasteiger partial charge in [0.1, 0.15) is 17.5 Å². The second kappa shape index (κ2) is 19.6. The van der Waals surface area contributed by atoms with Gasteiger partial charge in [-0.25, -0.2) is 27.6 Å². The van der Waals surface area contributed by atoms with E-state index in [-0.39, 0.29) is 41.6 Å². The van der Waals surface area contributed by atoms with Gasteiger partial charge in [0.2, 0.25) is 17.8 Å². The predicted molar refractivity (Wildman–Crippen MR) is 232 cm³/mol. The summed E-state index contributed by atoms with van der Waals surface area (Å²) in [6.45, 7) is 5.05. The fourth-order valence-corrected chi connectivity index (χ4v) is 8.16. The van der Waals surface area contributed by atoms with Crippen LogP contribution in [0, 0.1) is 29.2 Å². The van der Waals surface area contributed by atoms with Gasteiger partial charge < -0.3 is 20.9 Å². The number of piperidine rings is 2. The molecule has 0 bridgehead atoms. The van der Waals surface area contributed by atoms with E-state index in [0.717, 1.165) is 45.1 Å². The van der Waals surface area contributed by atoms with E-state index in [2.05, 4.69) is 41.6 Å². The van der Waals surface area contributed by atoms with Crippen molar-refractivity contribution < 1.29 is 36.7 Å². The number of hydrogen-bond donors (Lipinski definition) is 5. The Morgan fingerprint density at radius 3 is 2.06 bits per heavy atom. The molecule has 0 saturated carbocycles. The van der Waals surface area contributed by atoms with Crippen LogP contribution in [0.2, 0.25) is 0 Å². The molecule has 332 valence electrons. The molecular formula is C46H46F4N10O4. The predicted octanol–water partition coefficient (Wildman–Crippen LogP) is 6.86. The molecule has 3 aliphatic heterocycles. The highest BCUT2D eigenvalue weighted by Crippen LogP contribution is 2.33. The first-order valence-electron chi connectivity index (χ1n) is 21.1. The lowest BCUT2D eigenvalue weighted by molar-refractivity contribution is -0.134. The van der Waals surface area contributed by atoms with Crippen LogP contribution in [-0.4, -0.2) is 89.3 Å². The monoisotopic (exact) mass is 878 g/mol. The quantitative estimate of drug-likeness (QED) is 0.0621. The van der Waals surface area contributed by atoms with Crippen molar-refractivity contribution in [3.63, 3.8) is 0 Å². The number of halogens is 4. The van der Waals surface area contributed by atoms with Crippen LogP contribution >= 0.6 is 0 Å². The fourth-order valence-electron chi connectivity index (χ4n) is 8.16. The minimum Gasteiger partial charge on any atom is -0.369 e. The van der Waals surface area contributed by atoms with Crippen molar-refractivity contribution in [1.82, 2.24) is 30.6 Å². The standard InChI is InChI=1S/C46H46F4N10O4/c47-36-4-2-1-3-34(36)44(63)53-31-11-9-30(10-12-31)52-42-39(50)27-51-46(56-42)54-32-7-5-29(6-8-32)43(62)57-60-19-16-28(17-20-60)15-18-58-21-23-59(24-22-58)33-25-37(48)41(38(49)26-33)35-13-14-40(61)55-45(35)64/h1-12,25-28,35H,13-24H2,(H,53,63)(H,57,62)(H,55,61,64)(H2,51,52,54,56). The van der Waals surface area contributed by atoms with Crippen molar-refractivity contribution in [2.45, 2.75) is 38.0 Å². The van der Waals surface area contributed by atoms with Gasteiger partial charge in [0.05, 0.1) is 17.7 Å². The summed E-state index contributed by atoms with van der Waals surface area (Å²) in [6, 6.07) is 21.3. The molecule has 1 aromatic heterocycles. The summed E-state index contributed by atoms with van der Waals surface area (Å²) in [5.41, 5.74) is 5.00. The topological polar surface area (TPSA) is 164 Å². The lowest BCUT2D eigenvalue weighted by Crippen LogP contribution is -2.48. The number of carbonyl (C=O) groups excluding carboxylic acids is 4. The zero-order valence-electron chi connectivity index (χ0n) is 34.7. The number of carbonyl (C=O) groups is 4. The van der Waals surface area contributed by atoms with Gasteiger partial charge in [0, 0.05) is 79.6 Å². The molecule has 1 unspecified atom stereocenters. The van der Waals surface area contributed by atoms with Crippen LogP contribution in [0.4, 0.5) is 52.1 Å². The van der Waals surface area contributed by atoms with E-state index in [0.29, 0.717) is 60.4 Å². The molecular weight excluding hydrogens is 833 g/mol. The van der Waals surface area contributed by atoms with Gasteiger partial charge in [-0.3, -0.25) is 34.8 Å². The molecule has 3 saturated heterocycles. The van der Waals surface area contributed by atoms with E-state index in [1.54, 1.807) is 54.6 Å². The number of imide groups is 1. The largest absolute Gasteiger partial charge is 0.369 e. The zero-order valence-corrected chi connectivity index (χ0v) is 34.7. The summed E-state index contributed by atoms with van der Waals surface area (Å²) in [5, 5.41) is 12.6. The Morgan fingerprint density at radius 2 is 1.38 bits per heavy atom. The Bertz CT molecular complexity index is 2490. The average molecular weight is 879 g/mol. The van der Waals surface area contributed by atoms with Gasteiger partial charge in [0.15, 0.2) is 11.6 Å². The first-order chi connectivity index (χ1) is 30.9. The smallest absolute Gasteiger partial charge is 0.265 e. The molecule has 64 heavy (non-hydrogen) atoms. The molecule has 4 amide bonds. The summed E-state index contributed by atoms with van der Waals surface area (Å²) < 4.78 is 58.9. The van der Waals surface area contributed by atoms with Crippen LogP contribution in [0.25, 0.3) is 0 Å². The third kappa shape index (κ3) is 10.6. The molecule has 3 aliphatic rings. The van der Waals surface area contributed by atoms with Gasteiger partial charge in [-0.1, -0.05) is 12.1 Å². The van der Waals surface area contributed by atoms with Gasteiger partial charge in [-0.05, 0) is 111 Å². The van der Waals surface area contributed by atoms with Gasteiger partial charge >= 0.3 is 0 Å². The van der Waals surface area contributed by atoms with Crippen LogP contribution < -0.4 is 31.6 Å². The summed E-state index contributed by atoms with van der Waals surface area (Å²) in [7, 11) is 0. The number of anilines is 6. The van der Waals surface area contributed by atoms with Crippen molar-refractivity contribution in [2.75, 3.05) is 66.7 Å². The molecule has 5 aromatic rings. The van der Waals surface area contributed by atoms with Gasteiger partial charge in [-0.2, -0.15) is 4.98 Å². The Kier molecular flexibility index (Phi) is 13.4. The lowest BCUT2D eigenvalue weighted by Gasteiger charge is -2.38. The summed E-state index contributed by atoms with van der Waals surface area (Å²) in [5.74, 6) is -5.33. The highest BCUT2D eigenvalue weighted by Gasteiger charge is 2.33. The van der Waals surface area contributed by atoms with Crippen molar-refractivity contribution >= 4 is 58.1 Å². The average Bonchev–Trinajstić information content (AvgIpc) is 3.29. The number of aromatic nitrogens is 2. The fraction of sp³-hybridized carbons (Fsp3) is 0.304. The molecule has 14 nitrogen and oxygen atoms in total. The number of nitrogens with zero attached hydrogens (tertiary/aromatic N) is 5. The molecule has 8 rings (SSSR count). The Labute approximate surface area is 366 Å². The molecule has 5 N–H and O–H groups in total. The Morgan fingerprint density at radius 1 is 0.719 bits per heavy atom. The van der Waals surface area contributed by atoms with Crippen LogP contribution in [0.1, 0.15) is 64.3 Å². The number of rotatable bonds is 13. The molecule has 0 aliphatic carbocycles. The maximum atomic E-state index is 15.1. The number of benzene rings is 4. The van der Waals surface area contributed by atoms with E-state index in [1.807, 2.05) is 9.91 Å². The normalized spacial score (nSPS) is 17.4. The molecule has 0 radical (unpaired) electrons. The second-order valence-corrected chi connectivity index (χ2v) is 16.0. The van der Waals surface area contributed by atoms with E-state index in [9.17, 15) is 28.0 Å². The summed E-state index contributed by atoms with van der Waals surface area (Å²) in [6.07, 6.45) is 4.00. The maximum Gasteiger partial charge on any atom is 0.265 e. The van der Waals surface area contributed by atoms with E-state index < -0.39 is 46.9 Å². The second-order valence-electron chi connectivity index (χ2n) is 16.0. The number of amides is 4. The van der Waals surface area contributed by atoms with E-state index >= 15 is 8.78 Å². The summed E-state index contributed by atoms with van der Waals surface area (Å²) in [4.78, 5) is 61.9. The third-order valence-electron chi connectivity index (χ3n) is 11.8. The highest BCUT2D eigenvalue weighted by molar-refractivity contribution is 6.04. The van der Waals surface area contributed by atoms with Crippen molar-refractivity contribution in [1.29, 1.82) is 0 Å². The number of piperazine rings is 1.